The number of H-pyrrole nitrogens is 1. The molecule has 46 heavy (non-hydrogen) atoms. The van der Waals surface area contributed by atoms with Crippen LogP contribution < -0.4 is 19.9 Å². The summed E-state index contributed by atoms with van der Waals surface area (Å²) in [7, 11) is 1.69. The van der Waals surface area contributed by atoms with E-state index >= 15 is 0 Å². The van der Waals surface area contributed by atoms with Gasteiger partial charge in [-0.2, -0.15) is 0 Å². The van der Waals surface area contributed by atoms with Crippen molar-refractivity contribution >= 4 is 29.1 Å². The van der Waals surface area contributed by atoms with Crippen LogP contribution in [0.25, 0.3) is 0 Å². The van der Waals surface area contributed by atoms with Gasteiger partial charge in [-0.1, -0.05) is 60.7 Å². The predicted octanol–water partition coefficient (Wildman–Crippen LogP) is 3.57. The number of aromatic nitrogens is 3. The van der Waals surface area contributed by atoms with Crippen molar-refractivity contribution in [1.29, 1.82) is 0 Å². The average molecular weight is 620 g/mol. The number of rotatable bonds is 7. The fourth-order valence-electron chi connectivity index (χ4n) is 6.78. The Morgan fingerprint density at radius 2 is 1.65 bits per heavy atom. The van der Waals surface area contributed by atoms with Gasteiger partial charge in [0.15, 0.2) is 0 Å². The molecule has 0 aliphatic carbocycles. The lowest BCUT2D eigenvalue weighted by atomic mass is 9.77. The standard InChI is InChI=1S/C35H37N7O4/c1-40-28-21-26(41-17-14-35(15-18-41)16-19-42(34(35)45)22-25-10-6-3-7-11-25)12-13-29(28)46-23-27(33(40)44)36-32(43)31-37-30(38-39-31)20-24-8-4-2-5-9-24/h2-13,21,27H,14-20,22-23H2,1H3,(H,36,43)(H,37,38,39)/t27-/m0/s1. The maximum atomic E-state index is 13.5. The third kappa shape index (κ3) is 5.80. The number of nitrogens with zero attached hydrogens (tertiary/aromatic N) is 5. The highest BCUT2D eigenvalue weighted by Gasteiger charge is 2.48. The van der Waals surface area contributed by atoms with E-state index in [-0.39, 0.29) is 29.7 Å². The van der Waals surface area contributed by atoms with Gasteiger partial charge in [0, 0.05) is 45.3 Å². The lowest BCUT2D eigenvalue weighted by molar-refractivity contribution is -0.137. The number of likely N-dealkylation sites (N-methyl/N-ethyl adjacent to an activating group) is 1. The number of amides is 3. The fourth-order valence-corrected chi connectivity index (χ4v) is 6.78. The van der Waals surface area contributed by atoms with E-state index in [1.54, 1.807) is 7.05 Å². The van der Waals surface area contributed by atoms with Crippen molar-refractivity contribution < 1.29 is 19.1 Å². The maximum Gasteiger partial charge on any atom is 0.291 e. The number of anilines is 2. The van der Waals surface area contributed by atoms with E-state index in [9.17, 15) is 14.4 Å². The second-order valence-electron chi connectivity index (χ2n) is 12.4. The Labute approximate surface area is 267 Å². The quantitative estimate of drug-likeness (QED) is 0.324. The first-order chi connectivity index (χ1) is 22.4. The largest absolute Gasteiger partial charge is 0.489 e. The number of hydrogen-bond donors (Lipinski definition) is 2. The summed E-state index contributed by atoms with van der Waals surface area (Å²) in [6, 6.07) is 24.8. The molecule has 2 N–H and O–H groups in total. The predicted molar refractivity (Wildman–Crippen MR) is 173 cm³/mol. The normalized spacial score (nSPS) is 19.2. The third-order valence-corrected chi connectivity index (χ3v) is 9.50. The number of likely N-dealkylation sites (tertiary alicyclic amines) is 1. The summed E-state index contributed by atoms with van der Waals surface area (Å²) in [5.41, 5.74) is 3.50. The molecular formula is C35H37N7O4. The van der Waals surface area contributed by atoms with Crippen molar-refractivity contribution in [2.75, 3.05) is 43.1 Å². The number of piperidine rings is 1. The highest BCUT2D eigenvalue weighted by Crippen LogP contribution is 2.44. The molecule has 1 atom stereocenters. The Hall–Kier alpha value is -5.19. The molecule has 3 aromatic carbocycles. The number of benzene rings is 3. The van der Waals surface area contributed by atoms with Crippen LogP contribution in [0.3, 0.4) is 0 Å². The number of ether oxygens (including phenoxy) is 1. The molecule has 11 nitrogen and oxygen atoms in total. The molecule has 0 bridgehead atoms. The lowest BCUT2D eigenvalue weighted by Crippen LogP contribution is -2.49. The molecule has 7 rings (SSSR count). The Bertz CT molecular complexity index is 1730. The molecule has 3 aliphatic heterocycles. The summed E-state index contributed by atoms with van der Waals surface area (Å²) in [4.78, 5) is 50.2. The van der Waals surface area contributed by atoms with Gasteiger partial charge in [0.25, 0.3) is 11.8 Å². The first-order valence-electron chi connectivity index (χ1n) is 15.8. The van der Waals surface area contributed by atoms with Gasteiger partial charge in [-0.3, -0.25) is 19.5 Å². The summed E-state index contributed by atoms with van der Waals surface area (Å²) >= 11 is 0. The van der Waals surface area contributed by atoms with E-state index in [1.165, 1.54) is 4.90 Å². The van der Waals surface area contributed by atoms with Gasteiger partial charge in [-0.25, -0.2) is 4.98 Å². The van der Waals surface area contributed by atoms with Crippen LogP contribution in [0.15, 0.2) is 78.9 Å². The molecule has 4 heterocycles. The Balaban J connectivity index is 0.975. The van der Waals surface area contributed by atoms with E-state index in [0.717, 1.165) is 55.7 Å². The summed E-state index contributed by atoms with van der Waals surface area (Å²) in [6.07, 6.45) is 2.98. The van der Waals surface area contributed by atoms with Crippen molar-refractivity contribution in [1.82, 2.24) is 25.4 Å². The highest BCUT2D eigenvalue weighted by atomic mass is 16.5. The third-order valence-electron chi connectivity index (χ3n) is 9.50. The van der Waals surface area contributed by atoms with Gasteiger partial charge in [0.1, 0.15) is 24.2 Å². The zero-order valence-corrected chi connectivity index (χ0v) is 25.8. The van der Waals surface area contributed by atoms with E-state index in [4.69, 9.17) is 4.74 Å². The SMILES string of the molecule is CN1C(=O)[C@@H](NC(=O)c2n[nH]c(Cc3ccccc3)n2)COc2ccc(N3CCC4(CCN(Cc5ccccc5)C4=O)CC3)cc21. The van der Waals surface area contributed by atoms with Crippen molar-refractivity contribution in [2.45, 2.75) is 38.3 Å². The fraction of sp³-hybridized carbons (Fsp3) is 0.343. The summed E-state index contributed by atoms with van der Waals surface area (Å²) in [5, 5.41) is 9.62. The summed E-state index contributed by atoms with van der Waals surface area (Å²) in [6.45, 7) is 2.94. The van der Waals surface area contributed by atoms with Gasteiger partial charge in [0.05, 0.1) is 11.1 Å². The molecule has 3 amide bonds. The van der Waals surface area contributed by atoms with E-state index in [2.05, 4.69) is 37.5 Å². The van der Waals surface area contributed by atoms with Crippen LogP contribution in [0.5, 0.6) is 5.75 Å². The minimum absolute atomic E-state index is 0.0175. The molecule has 1 spiro atoms. The average Bonchev–Trinajstić information content (AvgIpc) is 3.65. The number of carbonyl (C=O) groups excluding carboxylic acids is 3. The molecule has 2 saturated heterocycles. The highest BCUT2D eigenvalue weighted by molar-refractivity contribution is 6.02. The molecule has 4 aromatic rings. The molecule has 2 fully saturated rings. The summed E-state index contributed by atoms with van der Waals surface area (Å²) in [5.74, 6) is 0.512. The van der Waals surface area contributed by atoms with E-state index in [0.29, 0.717) is 30.2 Å². The van der Waals surface area contributed by atoms with Crippen LogP contribution in [0.4, 0.5) is 11.4 Å². The van der Waals surface area contributed by atoms with Crippen LogP contribution in [0.1, 0.15) is 46.8 Å². The molecule has 0 saturated carbocycles. The number of fused-ring (bicyclic) bond motifs is 1. The van der Waals surface area contributed by atoms with Gasteiger partial charge >= 0.3 is 0 Å². The van der Waals surface area contributed by atoms with Crippen LogP contribution in [-0.2, 0) is 22.6 Å². The molecule has 0 unspecified atom stereocenters. The van der Waals surface area contributed by atoms with Gasteiger partial charge in [-0.15, -0.1) is 5.10 Å². The van der Waals surface area contributed by atoms with E-state index < -0.39 is 11.9 Å². The molecular weight excluding hydrogens is 582 g/mol. The van der Waals surface area contributed by atoms with Gasteiger partial charge in [-0.05, 0) is 48.6 Å². The number of nitrogens with one attached hydrogen (secondary N) is 2. The number of carbonyl (C=O) groups is 3. The van der Waals surface area contributed by atoms with Gasteiger partial charge in [0.2, 0.25) is 11.7 Å². The molecule has 3 aliphatic rings. The van der Waals surface area contributed by atoms with Crippen LogP contribution in [-0.4, -0.2) is 77.1 Å². The smallest absolute Gasteiger partial charge is 0.291 e. The second-order valence-corrected chi connectivity index (χ2v) is 12.4. The van der Waals surface area contributed by atoms with Crippen molar-refractivity contribution in [3.05, 3.63) is 102 Å². The minimum Gasteiger partial charge on any atom is -0.489 e. The van der Waals surface area contributed by atoms with Crippen LogP contribution in [0, 0.1) is 5.41 Å². The number of aromatic amines is 1. The zero-order chi connectivity index (χ0) is 31.7. The monoisotopic (exact) mass is 619 g/mol. The first kappa shape index (κ1) is 29.5. The zero-order valence-electron chi connectivity index (χ0n) is 25.8. The Morgan fingerprint density at radius 3 is 2.39 bits per heavy atom. The van der Waals surface area contributed by atoms with E-state index in [1.807, 2.05) is 71.6 Å². The minimum atomic E-state index is -0.911. The number of hydrogen-bond acceptors (Lipinski definition) is 7. The van der Waals surface area contributed by atoms with Gasteiger partial charge < -0.3 is 24.8 Å². The first-order valence-corrected chi connectivity index (χ1v) is 15.8. The molecule has 1 aromatic heterocycles. The molecule has 11 heteroatoms. The van der Waals surface area contributed by atoms with Crippen molar-refractivity contribution in [3.63, 3.8) is 0 Å². The topological polar surface area (TPSA) is 124 Å². The lowest BCUT2D eigenvalue weighted by Gasteiger charge is -2.39. The van der Waals surface area contributed by atoms with Crippen LogP contribution in [0.2, 0.25) is 0 Å². The Morgan fingerprint density at radius 1 is 0.957 bits per heavy atom. The van der Waals surface area contributed by atoms with Crippen LogP contribution >= 0.6 is 0 Å². The Kier molecular flexibility index (Phi) is 7.90. The van der Waals surface area contributed by atoms with Crippen molar-refractivity contribution in [2.24, 2.45) is 5.41 Å². The second kappa shape index (κ2) is 12.3. The maximum absolute atomic E-state index is 13.5. The molecule has 236 valence electrons. The van der Waals surface area contributed by atoms with Crippen molar-refractivity contribution in [3.8, 4) is 5.75 Å². The summed E-state index contributed by atoms with van der Waals surface area (Å²) < 4.78 is 6.02. The molecule has 0 radical (unpaired) electrons.